The van der Waals surface area contributed by atoms with Crippen molar-refractivity contribution in [1.82, 2.24) is 9.88 Å². The van der Waals surface area contributed by atoms with Crippen LogP contribution in [0.25, 0.3) is 0 Å². The van der Waals surface area contributed by atoms with Gasteiger partial charge in [-0.15, -0.1) is 0 Å². The van der Waals surface area contributed by atoms with Crippen molar-refractivity contribution in [2.24, 2.45) is 5.92 Å². The van der Waals surface area contributed by atoms with Gasteiger partial charge in [-0.3, -0.25) is 9.78 Å². The average molecular weight is 332 g/mol. The molecule has 6 nitrogen and oxygen atoms in total. The molecule has 4 heterocycles. The summed E-state index contributed by atoms with van der Waals surface area (Å²) in [6.45, 7) is 3.97. The molecular formula is C18H24N2O4. The van der Waals surface area contributed by atoms with E-state index >= 15 is 0 Å². The molecule has 4 rings (SSSR count). The molecule has 1 aromatic heterocycles. The first-order valence-corrected chi connectivity index (χ1v) is 8.75. The molecule has 0 radical (unpaired) electrons. The van der Waals surface area contributed by atoms with Crippen molar-refractivity contribution >= 4 is 5.91 Å². The first kappa shape index (κ1) is 16.0. The van der Waals surface area contributed by atoms with E-state index in [-0.39, 0.29) is 23.5 Å². The summed E-state index contributed by atoms with van der Waals surface area (Å²) in [7, 11) is 0. The number of carbonyl (C=O) groups is 1. The minimum absolute atomic E-state index is 0.0460. The molecule has 1 amide bonds. The van der Waals surface area contributed by atoms with Crippen LogP contribution in [-0.2, 0) is 25.6 Å². The monoisotopic (exact) mass is 332 g/mol. The largest absolute Gasteiger partial charge is 0.381 e. The molecule has 0 aromatic carbocycles. The number of carbonyl (C=O) groups excluding carboxylic acids is 1. The highest BCUT2D eigenvalue weighted by atomic mass is 16.5. The van der Waals surface area contributed by atoms with Crippen LogP contribution in [0.5, 0.6) is 0 Å². The van der Waals surface area contributed by atoms with E-state index in [0.717, 1.165) is 24.8 Å². The number of nitrogens with zero attached hydrogens (tertiary/aromatic N) is 2. The summed E-state index contributed by atoms with van der Waals surface area (Å²) in [6, 6.07) is 3.95. The van der Waals surface area contributed by atoms with Crippen molar-refractivity contribution < 1.29 is 19.0 Å². The van der Waals surface area contributed by atoms with Crippen LogP contribution in [0.15, 0.2) is 24.5 Å². The lowest BCUT2D eigenvalue weighted by Crippen LogP contribution is -2.68. The van der Waals surface area contributed by atoms with Gasteiger partial charge in [0.05, 0.1) is 38.3 Å². The van der Waals surface area contributed by atoms with Crippen LogP contribution in [0.2, 0.25) is 0 Å². The Balaban J connectivity index is 1.27. The zero-order chi connectivity index (χ0) is 16.4. The summed E-state index contributed by atoms with van der Waals surface area (Å²) in [5, 5.41) is 0. The minimum Gasteiger partial charge on any atom is -0.381 e. The lowest BCUT2D eigenvalue weighted by molar-refractivity contribution is -0.204. The van der Waals surface area contributed by atoms with E-state index in [4.69, 9.17) is 14.2 Å². The number of rotatable bonds is 4. The first-order chi connectivity index (χ1) is 11.7. The van der Waals surface area contributed by atoms with Crippen molar-refractivity contribution in [2.75, 3.05) is 32.9 Å². The third kappa shape index (κ3) is 3.31. The molecular weight excluding hydrogens is 308 g/mol. The molecule has 0 bridgehead atoms. The van der Waals surface area contributed by atoms with Gasteiger partial charge < -0.3 is 19.1 Å². The van der Waals surface area contributed by atoms with Gasteiger partial charge in [-0.25, -0.2) is 0 Å². The molecule has 0 N–H and O–H groups in total. The van der Waals surface area contributed by atoms with Crippen molar-refractivity contribution in [2.45, 2.75) is 37.6 Å². The molecule has 3 aliphatic heterocycles. The van der Waals surface area contributed by atoms with Crippen molar-refractivity contribution in [3.8, 4) is 0 Å². The lowest BCUT2D eigenvalue weighted by Gasteiger charge is -2.53. The number of hydrogen-bond acceptors (Lipinski definition) is 5. The first-order valence-electron chi connectivity index (χ1n) is 8.75. The summed E-state index contributed by atoms with van der Waals surface area (Å²) in [4.78, 5) is 18.3. The second kappa shape index (κ2) is 6.78. The second-order valence-electron chi connectivity index (χ2n) is 7.07. The Morgan fingerprint density at radius 3 is 2.88 bits per heavy atom. The maximum atomic E-state index is 12.4. The Morgan fingerprint density at radius 2 is 2.12 bits per heavy atom. The molecule has 0 unspecified atom stereocenters. The van der Waals surface area contributed by atoms with Gasteiger partial charge in [0.2, 0.25) is 5.91 Å². The number of pyridine rings is 1. The summed E-state index contributed by atoms with van der Waals surface area (Å²) in [6.07, 6.45) is 6.39. The predicted molar refractivity (Wildman–Crippen MR) is 86.2 cm³/mol. The fraction of sp³-hybridized carbons (Fsp3) is 0.667. The molecule has 130 valence electrons. The third-order valence-electron chi connectivity index (χ3n) is 5.23. The van der Waals surface area contributed by atoms with E-state index in [1.54, 1.807) is 12.4 Å². The molecule has 0 aliphatic carbocycles. The topological polar surface area (TPSA) is 60.9 Å². The standard InChI is InChI=1S/C18H24N2O4/c21-17(15-3-7-22-11-15)20-12-18(13-20)9-16(4-8-24-18)23-10-14-1-5-19-6-2-14/h1-2,5-6,15-16H,3-4,7-13H2/t15-,16+/m1/s1. The zero-order valence-corrected chi connectivity index (χ0v) is 13.9. The van der Waals surface area contributed by atoms with Crippen LogP contribution < -0.4 is 0 Å². The van der Waals surface area contributed by atoms with Gasteiger partial charge in [-0.05, 0) is 30.5 Å². The van der Waals surface area contributed by atoms with E-state index in [1.807, 2.05) is 17.0 Å². The molecule has 1 aromatic rings. The average Bonchev–Trinajstić information content (AvgIpc) is 3.13. The van der Waals surface area contributed by atoms with Gasteiger partial charge in [0.15, 0.2) is 0 Å². The SMILES string of the molecule is O=C([C@@H]1CCOC1)N1CC2(C[C@@H](OCc3ccncc3)CCO2)C1. The van der Waals surface area contributed by atoms with Gasteiger partial charge in [0, 0.05) is 32.0 Å². The number of amides is 1. The van der Waals surface area contributed by atoms with Crippen LogP contribution in [-0.4, -0.2) is 60.4 Å². The Bertz CT molecular complexity index is 568. The molecule has 24 heavy (non-hydrogen) atoms. The fourth-order valence-corrected chi connectivity index (χ4v) is 3.83. The van der Waals surface area contributed by atoms with Gasteiger partial charge in [0.1, 0.15) is 5.60 Å². The van der Waals surface area contributed by atoms with Gasteiger partial charge in [0.25, 0.3) is 0 Å². The van der Waals surface area contributed by atoms with Gasteiger partial charge in [-0.1, -0.05) is 0 Å². The number of hydrogen-bond donors (Lipinski definition) is 0. The molecule has 6 heteroatoms. The Labute approximate surface area is 142 Å². The van der Waals surface area contributed by atoms with Gasteiger partial charge >= 0.3 is 0 Å². The lowest BCUT2D eigenvalue weighted by atomic mass is 9.84. The fourth-order valence-electron chi connectivity index (χ4n) is 3.83. The van der Waals surface area contributed by atoms with Crippen LogP contribution in [0.1, 0.15) is 24.8 Å². The number of likely N-dealkylation sites (tertiary alicyclic amines) is 1. The Morgan fingerprint density at radius 1 is 1.29 bits per heavy atom. The Kier molecular flexibility index (Phi) is 4.52. The van der Waals surface area contributed by atoms with Crippen LogP contribution in [0, 0.1) is 5.92 Å². The maximum Gasteiger partial charge on any atom is 0.228 e. The van der Waals surface area contributed by atoms with Crippen LogP contribution >= 0.6 is 0 Å². The summed E-state index contributed by atoms with van der Waals surface area (Å²) in [5.41, 5.74) is 0.938. The molecule has 3 aliphatic rings. The summed E-state index contributed by atoms with van der Waals surface area (Å²) in [5.74, 6) is 0.270. The van der Waals surface area contributed by atoms with Crippen LogP contribution in [0.4, 0.5) is 0 Å². The van der Waals surface area contributed by atoms with Crippen molar-refractivity contribution in [3.63, 3.8) is 0 Å². The van der Waals surface area contributed by atoms with E-state index in [9.17, 15) is 4.79 Å². The quantitative estimate of drug-likeness (QED) is 0.834. The normalized spacial score (nSPS) is 28.8. The van der Waals surface area contributed by atoms with Gasteiger partial charge in [-0.2, -0.15) is 0 Å². The van der Waals surface area contributed by atoms with Crippen molar-refractivity contribution in [1.29, 1.82) is 0 Å². The highest BCUT2D eigenvalue weighted by Crippen LogP contribution is 2.36. The molecule has 3 saturated heterocycles. The second-order valence-corrected chi connectivity index (χ2v) is 7.07. The van der Waals surface area contributed by atoms with E-state index < -0.39 is 0 Å². The van der Waals surface area contributed by atoms with E-state index in [0.29, 0.717) is 39.5 Å². The summed E-state index contributed by atoms with van der Waals surface area (Å²) < 4.78 is 17.4. The van der Waals surface area contributed by atoms with Crippen molar-refractivity contribution in [3.05, 3.63) is 30.1 Å². The predicted octanol–water partition coefficient (Wildman–Crippen LogP) is 1.39. The number of aromatic nitrogens is 1. The zero-order valence-electron chi connectivity index (χ0n) is 13.9. The smallest absolute Gasteiger partial charge is 0.228 e. The molecule has 2 atom stereocenters. The highest BCUT2D eigenvalue weighted by Gasteiger charge is 2.50. The third-order valence-corrected chi connectivity index (χ3v) is 5.23. The summed E-state index contributed by atoms with van der Waals surface area (Å²) >= 11 is 0. The molecule has 1 spiro atoms. The van der Waals surface area contributed by atoms with E-state index in [2.05, 4.69) is 4.98 Å². The van der Waals surface area contributed by atoms with E-state index in [1.165, 1.54) is 0 Å². The minimum atomic E-state index is -0.198. The molecule has 0 saturated carbocycles. The number of ether oxygens (including phenoxy) is 3. The van der Waals surface area contributed by atoms with Crippen LogP contribution in [0.3, 0.4) is 0 Å². The highest BCUT2D eigenvalue weighted by molar-refractivity contribution is 5.80. The molecule has 3 fully saturated rings. The Hall–Kier alpha value is -1.50. The maximum absolute atomic E-state index is 12.4.